The van der Waals surface area contributed by atoms with Crippen LogP contribution in [0.25, 0.3) is 11.5 Å². The normalized spacial score (nSPS) is 10.5. The lowest BCUT2D eigenvalue weighted by molar-refractivity contribution is 0.426. The smallest absolute Gasteiger partial charge is 0.259 e. The van der Waals surface area contributed by atoms with Gasteiger partial charge >= 0.3 is 0 Å². The summed E-state index contributed by atoms with van der Waals surface area (Å²) in [4.78, 5) is 4.14. The van der Waals surface area contributed by atoms with Gasteiger partial charge in [-0.25, -0.2) is 0 Å². The number of aryl methyl sites for hydroxylation is 2. The summed E-state index contributed by atoms with van der Waals surface area (Å²) in [5.41, 5.74) is 3.30. The molecule has 2 rings (SSSR count). The Bertz CT molecular complexity index is 445. The minimum Gasteiger partial charge on any atom is -0.333 e. The number of benzene rings is 1. The summed E-state index contributed by atoms with van der Waals surface area (Å²) in [6.45, 7) is 4.06. The molecule has 0 saturated heterocycles. The second kappa shape index (κ2) is 3.53. The first kappa shape index (κ1) is 9.40. The molecule has 4 heteroatoms. The van der Waals surface area contributed by atoms with Crippen molar-refractivity contribution < 1.29 is 4.52 Å². The van der Waals surface area contributed by atoms with E-state index in [1.165, 1.54) is 0 Å². The molecule has 1 aromatic carbocycles. The van der Waals surface area contributed by atoms with Crippen LogP contribution in [-0.4, -0.2) is 10.1 Å². The van der Waals surface area contributed by atoms with Gasteiger partial charge in [-0.15, -0.1) is 0 Å². The van der Waals surface area contributed by atoms with Gasteiger partial charge in [-0.05, 0) is 46.1 Å². The van der Waals surface area contributed by atoms with Crippen LogP contribution < -0.4 is 0 Å². The molecule has 0 atom stereocenters. The molecule has 0 N–H and O–H groups in total. The topological polar surface area (TPSA) is 38.9 Å². The van der Waals surface area contributed by atoms with Crippen LogP contribution in [0.4, 0.5) is 0 Å². The van der Waals surface area contributed by atoms with Crippen LogP contribution in [0.2, 0.25) is 0 Å². The molecule has 0 radical (unpaired) electrons. The van der Waals surface area contributed by atoms with E-state index in [1.54, 1.807) is 0 Å². The Labute approximate surface area is 90.3 Å². The van der Waals surface area contributed by atoms with Crippen molar-refractivity contribution in [3.8, 4) is 11.5 Å². The monoisotopic (exact) mass is 252 g/mol. The maximum absolute atomic E-state index is 5.10. The fraction of sp³-hybridized carbons (Fsp3) is 0.200. The molecule has 0 aliphatic rings. The molecule has 0 unspecified atom stereocenters. The first-order valence-electron chi connectivity index (χ1n) is 4.24. The fourth-order valence-electron chi connectivity index (χ4n) is 1.46. The minimum atomic E-state index is 0.482. The van der Waals surface area contributed by atoms with Crippen molar-refractivity contribution in [2.75, 3.05) is 0 Å². The van der Waals surface area contributed by atoms with E-state index in [9.17, 15) is 0 Å². The van der Waals surface area contributed by atoms with Crippen LogP contribution in [0, 0.1) is 13.8 Å². The Hall–Kier alpha value is -1.16. The van der Waals surface area contributed by atoms with E-state index in [0.717, 1.165) is 16.7 Å². The van der Waals surface area contributed by atoms with E-state index in [2.05, 4.69) is 26.1 Å². The summed E-state index contributed by atoms with van der Waals surface area (Å²) < 4.78 is 5.59. The van der Waals surface area contributed by atoms with Crippen molar-refractivity contribution in [1.82, 2.24) is 10.1 Å². The molecule has 14 heavy (non-hydrogen) atoms. The molecule has 1 aromatic heterocycles. The predicted molar refractivity (Wildman–Crippen MR) is 56.9 cm³/mol. The third-order valence-corrected chi connectivity index (χ3v) is 2.42. The average molecular weight is 253 g/mol. The third kappa shape index (κ3) is 1.57. The molecular weight excluding hydrogens is 244 g/mol. The van der Waals surface area contributed by atoms with Crippen molar-refractivity contribution in [2.45, 2.75) is 13.8 Å². The maximum Gasteiger partial charge on any atom is 0.259 e. The summed E-state index contributed by atoms with van der Waals surface area (Å²) in [5.74, 6) is 0.562. The molecule has 0 fully saturated rings. The van der Waals surface area contributed by atoms with E-state index in [0.29, 0.717) is 10.6 Å². The van der Waals surface area contributed by atoms with Gasteiger partial charge < -0.3 is 4.52 Å². The van der Waals surface area contributed by atoms with E-state index < -0.39 is 0 Å². The minimum absolute atomic E-state index is 0.482. The largest absolute Gasteiger partial charge is 0.333 e. The van der Waals surface area contributed by atoms with E-state index in [4.69, 9.17) is 4.52 Å². The Kier molecular flexibility index (Phi) is 2.37. The van der Waals surface area contributed by atoms with Gasteiger partial charge in [0.2, 0.25) is 4.73 Å². The zero-order chi connectivity index (χ0) is 10.1. The van der Waals surface area contributed by atoms with Gasteiger partial charge in [-0.3, -0.25) is 0 Å². The van der Waals surface area contributed by atoms with Crippen LogP contribution in [0.5, 0.6) is 0 Å². The highest BCUT2D eigenvalue weighted by molar-refractivity contribution is 9.10. The maximum atomic E-state index is 5.10. The zero-order valence-corrected chi connectivity index (χ0v) is 9.50. The van der Waals surface area contributed by atoms with Crippen LogP contribution in [0.3, 0.4) is 0 Å². The Morgan fingerprint density at radius 1 is 1.21 bits per heavy atom. The summed E-state index contributed by atoms with van der Waals surface area (Å²) in [6, 6.07) is 6.07. The van der Waals surface area contributed by atoms with Gasteiger partial charge in [-0.2, -0.15) is 4.98 Å². The molecule has 0 aliphatic heterocycles. The Balaban J connectivity index is 2.61. The van der Waals surface area contributed by atoms with Gasteiger partial charge in [0.1, 0.15) is 0 Å². The number of hydrogen-bond acceptors (Lipinski definition) is 3. The molecule has 72 valence electrons. The summed E-state index contributed by atoms with van der Waals surface area (Å²) in [5, 5.41) is 3.71. The van der Waals surface area contributed by atoms with Crippen molar-refractivity contribution in [3.63, 3.8) is 0 Å². The Morgan fingerprint density at radius 2 is 1.86 bits per heavy atom. The highest BCUT2D eigenvalue weighted by atomic mass is 79.9. The van der Waals surface area contributed by atoms with Crippen LogP contribution in [-0.2, 0) is 0 Å². The SMILES string of the molecule is Cc1cccc(C)c1-c1nc(Br)no1. The fourth-order valence-corrected chi connectivity index (χ4v) is 1.69. The molecule has 0 spiro atoms. The summed E-state index contributed by atoms with van der Waals surface area (Å²) >= 11 is 3.16. The first-order valence-corrected chi connectivity index (χ1v) is 5.03. The number of nitrogens with zero attached hydrogens (tertiary/aromatic N) is 2. The van der Waals surface area contributed by atoms with Gasteiger partial charge in [0.25, 0.3) is 5.89 Å². The quantitative estimate of drug-likeness (QED) is 0.783. The Morgan fingerprint density at radius 3 is 2.36 bits per heavy atom. The molecule has 0 saturated carbocycles. The van der Waals surface area contributed by atoms with Crippen molar-refractivity contribution in [2.24, 2.45) is 0 Å². The first-order chi connectivity index (χ1) is 6.68. The summed E-state index contributed by atoms with van der Waals surface area (Å²) in [6.07, 6.45) is 0. The van der Waals surface area contributed by atoms with Gasteiger partial charge in [0.05, 0.1) is 0 Å². The molecule has 2 aromatic rings. The number of aromatic nitrogens is 2. The molecule has 0 aliphatic carbocycles. The number of hydrogen-bond donors (Lipinski definition) is 0. The van der Waals surface area contributed by atoms with E-state index >= 15 is 0 Å². The molecular formula is C10H9BrN2O. The second-order valence-corrected chi connectivity index (χ2v) is 3.84. The van der Waals surface area contributed by atoms with Gasteiger partial charge in [0, 0.05) is 5.56 Å². The van der Waals surface area contributed by atoms with Crippen LogP contribution >= 0.6 is 15.9 Å². The predicted octanol–water partition coefficient (Wildman–Crippen LogP) is 3.12. The summed E-state index contributed by atoms with van der Waals surface area (Å²) in [7, 11) is 0. The number of halogens is 1. The standard InChI is InChI=1S/C10H9BrN2O/c1-6-4-3-5-7(2)8(6)9-12-10(11)13-14-9/h3-5H,1-2H3. The van der Waals surface area contributed by atoms with Crippen molar-refractivity contribution >= 4 is 15.9 Å². The van der Waals surface area contributed by atoms with Crippen molar-refractivity contribution in [1.29, 1.82) is 0 Å². The molecule has 0 amide bonds. The van der Waals surface area contributed by atoms with Crippen LogP contribution in [0.15, 0.2) is 27.5 Å². The average Bonchev–Trinajstić information content (AvgIpc) is 2.51. The lowest BCUT2D eigenvalue weighted by Gasteiger charge is -2.03. The molecule has 1 heterocycles. The highest BCUT2D eigenvalue weighted by Gasteiger charge is 2.11. The van der Waals surface area contributed by atoms with E-state index in [-0.39, 0.29) is 0 Å². The third-order valence-electron chi connectivity index (χ3n) is 2.10. The lowest BCUT2D eigenvalue weighted by atomic mass is 10.0. The zero-order valence-electron chi connectivity index (χ0n) is 7.91. The molecule has 3 nitrogen and oxygen atoms in total. The van der Waals surface area contributed by atoms with Gasteiger partial charge in [-0.1, -0.05) is 18.2 Å². The van der Waals surface area contributed by atoms with Crippen LogP contribution in [0.1, 0.15) is 11.1 Å². The lowest BCUT2D eigenvalue weighted by Crippen LogP contribution is -1.87. The van der Waals surface area contributed by atoms with Gasteiger partial charge in [0.15, 0.2) is 0 Å². The highest BCUT2D eigenvalue weighted by Crippen LogP contribution is 2.25. The van der Waals surface area contributed by atoms with Crippen molar-refractivity contribution in [3.05, 3.63) is 34.1 Å². The number of rotatable bonds is 1. The molecule has 0 bridgehead atoms. The van der Waals surface area contributed by atoms with E-state index in [1.807, 2.05) is 32.0 Å². The second-order valence-electron chi connectivity index (χ2n) is 3.14.